The number of aliphatic hydroxyl groups is 2. The van der Waals surface area contributed by atoms with Crippen LogP contribution >= 0.6 is 0 Å². The number of rotatable bonds is 6. The second-order valence-corrected chi connectivity index (χ2v) is 5.00. The van der Waals surface area contributed by atoms with Gasteiger partial charge in [-0.2, -0.15) is 0 Å². The van der Waals surface area contributed by atoms with Crippen LogP contribution in [0, 0.1) is 5.41 Å². The topological polar surface area (TPSA) is 52.5 Å². The van der Waals surface area contributed by atoms with Gasteiger partial charge in [0.1, 0.15) is 0 Å². The van der Waals surface area contributed by atoms with Crippen LogP contribution in [0.25, 0.3) is 0 Å². The molecule has 0 bridgehead atoms. The van der Waals surface area contributed by atoms with Gasteiger partial charge in [-0.05, 0) is 25.7 Å². The number of hydrogen-bond donors (Lipinski definition) is 3. The SMILES string of the molecule is CCC(C)(CO)CNCC1(O)CCC1. The first-order chi connectivity index (χ1) is 6.54. The molecule has 3 N–H and O–H groups in total. The molecule has 0 radical (unpaired) electrons. The summed E-state index contributed by atoms with van der Waals surface area (Å²) in [4.78, 5) is 0. The summed E-state index contributed by atoms with van der Waals surface area (Å²) in [5.74, 6) is 0. The molecule has 0 amide bonds. The summed E-state index contributed by atoms with van der Waals surface area (Å²) in [6.45, 7) is 5.79. The Hall–Kier alpha value is -0.120. The molecule has 1 aliphatic rings. The van der Waals surface area contributed by atoms with Crippen LogP contribution in [0.1, 0.15) is 39.5 Å². The standard InChI is InChI=1S/C11H23NO2/c1-3-10(2,9-13)7-12-8-11(14)5-4-6-11/h12-14H,3-9H2,1-2H3. The lowest BCUT2D eigenvalue weighted by Gasteiger charge is -2.38. The predicted molar refractivity (Wildman–Crippen MR) is 57.2 cm³/mol. The third-order valence-electron chi connectivity index (χ3n) is 3.53. The van der Waals surface area contributed by atoms with Crippen molar-refractivity contribution in [1.29, 1.82) is 0 Å². The summed E-state index contributed by atoms with van der Waals surface area (Å²) in [5, 5.41) is 22.3. The maximum absolute atomic E-state index is 9.83. The van der Waals surface area contributed by atoms with E-state index in [1.807, 2.05) is 0 Å². The molecule has 14 heavy (non-hydrogen) atoms. The molecule has 0 spiro atoms. The van der Waals surface area contributed by atoms with Crippen LogP contribution in [0.4, 0.5) is 0 Å². The smallest absolute Gasteiger partial charge is 0.0771 e. The van der Waals surface area contributed by atoms with E-state index in [9.17, 15) is 10.2 Å². The minimum absolute atomic E-state index is 0.0416. The number of nitrogens with one attached hydrogen (secondary N) is 1. The van der Waals surface area contributed by atoms with Gasteiger partial charge in [0.15, 0.2) is 0 Å². The van der Waals surface area contributed by atoms with Gasteiger partial charge in [0.05, 0.1) is 5.60 Å². The third-order valence-corrected chi connectivity index (χ3v) is 3.53. The number of hydrogen-bond acceptors (Lipinski definition) is 3. The summed E-state index contributed by atoms with van der Waals surface area (Å²) in [6.07, 6.45) is 3.93. The van der Waals surface area contributed by atoms with Crippen molar-refractivity contribution in [2.24, 2.45) is 5.41 Å². The van der Waals surface area contributed by atoms with Gasteiger partial charge in [-0.25, -0.2) is 0 Å². The Morgan fingerprint density at radius 3 is 2.43 bits per heavy atom. The number of aliphatic hydroxyl groups excluding tert-OH is 1. The fourth-order valence-electron chi connectivity index (χ4n) is 1.65. The van der Waals surface area contributed by atoms with E-state index in [2.05, 4.69) is 19.2 Å². The van der Waals surface area contributed by atoms with Gasteiger partial charge in [0, 0.05) is 25.1 Å². The minimum atomic E-state index is -0.454. The van der Waals surface area contributed by atoms with Crippen molar-refractivity contribution in [3.63, 3.8) is 0 Å². The molecule has 0 aromatic heterocycles. The molecule has 0 saturated heterocycles. The summed E-state index contributed by atoms with van der Waals surface area (Å²) in [7, 11) is 0. The monoisotopic (exact) mass is 201 g/mol. The maximum atomic E-state index is 9.83. The molecule has 0 aromatic carbocycles. The zero-order chi connectivity index (χ0) is 10.7. The van der Waals surface area contributed by atoms with Gasteiger partial charge < -0.3 is 15.5 Å². The van der Waals surface area contributed by atoms with E-state index in [1.54, 1.807) is 0 Å². The van der Waals surface area contributed by atoms with Gasteiger partial charge in [0.2, 0.25) is 0 Å². The quantitative estimate of drug-likeness (QED) is 0.598. The van der Waals surface area contributed by atoms with E-state index in [0.717, 1.165) is 32.2 Å². The molecule has 1 atom stereocenters. The fourth-order valence-corrected chi connectivity index (χ4v) is 1.65. The van der Waals surface area contributed by atoms with Crippen molar-refractivity contribution in [3.8, 4) is 0 Å². The Bertz CT molecular complexity index is 174. The highest BCUT2D eigenvalue weighted by molar-refractivity contribution is 4.90. The Labute approximate surface area is 86.5 Å². The van der Waals surface area contributed by atoms with Gasteiger partial charge in [-0.3, -0.25) is 0 Å². The lowest BCUT2D eigenvalue weighted by Crippen LogP contribution is -2.48. The Balaban J connectivity index is 2.19. The summed E-state index contributed by atoms with van der Waals surface area (Å²) in [6, 6.07) is 0. The van der Waals surface area contributed by atoms with Crippen molar-refractivity contribution < 1.29 is 10.2 Å². The first kappa shape index (κ1) is 12.0. The molecule has 1 aliphatic carbocycles. The van der Waals surface area contributed by atoms with Crippen molar-refractivity contribution in [2.75, 3.05) is 19.7 Å². The second-order valence-electron chi connectivity index (χ2n) is 5.00. The third kappa shape index (κ3) is 2.94. The van der Waals surface area contributed by atoms with E-state index in [1.165, 1.54) is 0 Å². The highest BCUT2D eigenvalue weighted by Crippen LogP contribution is 2.30. The van der Waals surface area contributed by atoms with Crippen molar-refractivity contribution in [2.45, 2.75) is 45.1 Å². The van der Waals surface area contributed by atoms with Crippen LogP contribution in [0.5, 0.6) is 0 Å². The molecule has 1 rings (SSSR count). The molecule has 1 saturated carbocycles. The average molecular weight is 201 g/mol. The van der Waals surface area contributed by atoms with Crippen LogP contribution in [0.2, 0.25) is 0 Å². The van der Waals surface area contributed by atoms with E-state index < -0.39 is 5.60 Å². The molecule has 1 unspecified atom stereocenters. The predicted octanol–water partition coefficient (Wildman–Crippen LogP) is 0.900. The first-order valence-corrected chi connectivity index (χ1v) is 5.58. The zero-order valence-corrected chi connectivity index (χ0v) is 9.34. The molecule has 0 heterocycles. The Morgan fingerprint density at radius 1 is 1.43 bits per heavy atom. The summed E-state index contributed by atoms with van der Waals surface area (Å²) < 4.78 is 0. The first-order valence-electron chi connectivity index (χ1n) is 5.58. The molecular formula is C11H23NO2. The van der Waals surface area contributed by atoms with Crippen LogP contribution in [0.3, 0.4) is 0 Å². The maximum Gasteiger partial charge on any atom is 0.0771 e. The van der Waals surface area contributed by atoms with Gasteiger partial charge in [-0.1, -0.05) is 13.8 Å². The van der Waals surface area contributed by atoms with Gasteiger partial charge in [-0.15, -0.1) is 0 Å². The van der Waals surface area contributed by atoms with E-state index in [-0.39, 0.29) is 12.0 Å². The van der Waals surface area contributed by atoms with Gasteiger partial charge >= 0.3 is 0 Å². The van der Waals surface area contributed by atoms with Crippen LogP contribution in [-0.2, 0) is 0 Å². The van der Waals surface area contributed by atoms with Gasteiger partial charge in [0.25, 0.3) is 0 Å². The lowest BCUT2D eigenvalue weighted by molar-refractivity contribution is -0.0336. The van der Waals surface area contributed by atoms with Crippen LogP contribution in [0.15, 0.2) is 0 Å². The van der Waals surface area contributed by atoms with Crippen molar-refractivity contribution in [1.82, 2.24) is 5.32 Å². The van der Waals surface area contributed by atoms with Crippen molar-refractivity contribution in [3.05, 3.63) is 0 Å². The Morgan fingerprint density at radius 2 is 2.07 bits per heavy atom. The zero-order valence-electron chi connectivity index (χ0n) is 9.34. The molecule has 84 valence electrons. The molecule has 3 nitrogen and oxygen atoms in total. The molecule has 0 aromatic rings. The largest absolute Gasteiger partial charge is 0.396 e. The molecule has 1 fully saturated rings. The van der Waals surface area contributed by atoms with E-state index in [4.69, 9.17) is 0 Å². The summed E-state index contributed by atoms with van der Waals surface area (Å²) >= 11 is 0. The highest BCUT2D eigenvalue weighted by Gasteiger charge is 2.34. The van der Waals surface area contributed by atoms with Crippen molar-refractivity contribution >= 4 is 0 Å². The van der Waals surface area contributed by atoms with E-state index >= 15 is 0 Å². The van der Waals surface area contributed by atoms with E-state index in [0.29, 0.717) is 6.54 Å². The fraction of sp³-hybridized carbons (Fsp3) is 1.00. The lowest BCUT2D eigenvalue weighted by atomic mass is 9.80. The van der Waals surface area contributed by atoms with Crippen LogP contribution < -0.4 is 5.32 Å². The summed E-state index contributed by atoms with van der Waals surface area (Å²) in [5.41, 5.74) is -0.496. The Kier molecular flexibility index (Phi) is 3.93. The molecule has 3 heteroatoms. The highest BCUT2D eigenvalue weighted by atomic mass is 16.3. The second kappa shape index (κ2) is 4.60. The normalized spacial score (nSPS) is 24.0. The molecular weight excluding hydrogens is 178 g/mol. The molecule has 0 aliphatic heterocycles. The van der Waals surface area contributed by atoms with Crippen LogP contribution in [-0.4, -0.2) is 35.5 Å². The average Bonchev–Trinajstić information content (AvgIpc) is 2.15. The minimum Gasteiger partial charge on any atom is -0.396 e.